The van der Waals surface area contributed by atoms with Crippen molar-refractivity contribution in [2.75, 3.05) is 64.3 Å². The predicted octanol–water partition coefficient (Wildman–Crippen LogP) is 15.4. The number of carbonyl (C=O) groups is 4. The summed E-state index contributed by atoms with van der Waals surface area (Å²) < 4.78 is 136. The van der Waals surface area contributed by atoms with Crippen molar-refractivity contribution in [2.24, 2.45) is 33.8 Å². The maximum atomic E-state index is 14.2. The molecule has 10 aromatic heterocycles. The Morgan fingerprint density at radius 2 is 1.12 bits per heavy atom. The average molecular weight is 1920 g/mol. The Balaban J connectivity index is 0.000000320. The summed E-state index contributed by atoms with van der Waals surface area (Å²) in [6.45, 7) is 37.5. The monoisotopic (exact) mass is 1920 g/mol. The predicted molar refractivity (Wildman–Crippen MR) is 501 cm³/mol. The van der Waals surface area contributed by atoms with E-state index in [-0.39, 0.29) is 94.5 Å². The first-order chi connectivity index (χ1) is 64.8. The summed E-state index contributed by atoms with van der Waals surface area (Å²) >= 11 is 0. The Kier molecular flexibility index (Phi) is 51.2. The lowest BCUT2D eigenvalue weighted by Gasteiger charge is -2.41. The minimum Gasteiger partial charge on any atom is -0.499 e. The fourth-order valence-corrected chi connectivity index (χ4v) is 11.2. The highest BCUT2D eigenvalue weighted by Gasteiger charge is 2.39. The van der Waals surface area contributed by atoms with Gasteiger partial charge in [0.25, 0.3) is 0 Å². The number of halogens is 7. The van der Waals surface area contributed by atoms with Gasteiger partial charge in [0.15, 0.2) is 35.7 Å². The van der Waals surface area contributed by atoms with Crippen molar-refractivity contribution < 1.29 is 108 Å². The summed E-state index contributed by atoms with van der Waals surface area (Å²) in [5, 5.41) is 39.2. The summed E-state index contributed by atoms with van der Waals surface area (Å²) in [7, 11) is 1.95. The van der Waals surface area contributed by atoms with Gasteiger partial charge in [-0.2, -0.15) is 45.8 Å². The number of hydrogen-bond donors (Lipinski definition) is 7. The molecular formula is C97H125F7N16O17. The summed E-state index contributed by atoms with van der Waals surface area (Å²) in [4.78, 5) is 93.3. The van der Waals surface area contributed by atoms with Gasteiger partial charge < -0.3 is 74.6 Å². The number of aryl methyl sites for hydroxylation is 8. The van der Waals surface area contributed by atoms with E-state index in [4.69, 9.17) is 65.1 Å². The molecule has 0 bridgehead atoms. The Labute approximate surface area is 791 Å². The average Bonchev–Trinajstić information content (AvgIpc) is 1.79. The number of aliphatic imine (C=N–C) groups is 2. The van der Waals surface area contributed by atoms with Crippen LogP contribution in [0.25, 0.3) is 16.9 Å². The van der Waals surface area contributed by atoms with E-state index in [9.17, 15) is 54.7 Å². The highest BCUT2D eigenvalue weighted by atomic mass is 19.2. The van der Waals surface area contributed by atoms with E-state index in [1.165, 1.54) is 60.7 Å². The number of aromatic amines is 1. The van der Waals surface area contributed by atoms with Gasteiger partial charge in [0.2, 0.25) is 65.6 Å². The summed E-state index contributed by atoms with van der Waals surface area (Å²) in [6, 6.07) is 24.1. The molecule has 4 aliphatic heterocycles. The second-order valence-electron chi connectivity index (χ2n) is 32.2. The topological polar surface area (TPSA) is 458 Å². The first kappa shape index (κ1) is 116. The van der Waals surface area contributed by atoms with Crippen LogP contribution < -0.4 is 26.5 Å². The number of rotatable bonds is 24. The quantitative estimate of drug-likeness (QED) is 0.00971. The second-order valence-corrected chi connectivity index (χ2v) is 32.2. The molecule has 4 aliphatic rings. The van der Waals surface area contributed by atoms with E-state index in [2.05, 4.69) is 113 Å². The van der Waals surface area contributed by atoms with Crippen LogP contribution in [0.3, 0.4) is 0 Å². The maximum absolute atomic E-state index is 14.2. The number of carbonyl (C=O) groups excluding carboxylic acids is 4. The number of aliphatic hydroxyl groups excluding tert-OH is 2. The smallest absolute Gasteiger partial charge is 0.305 e. The molecule has 0 aliphatic carbocycles. The summed E-state index contributed by atoms with van der Waals surface area (Å²) in [5.41, 5.74) is 18.5. The van der Waals surface area contributed by atoms with Gasteiger partial charge >= 0.3 is 5.97 Å². The molecule has 2 saturated heterocycles. The van der Waals surface area contributed by atoms with Gasteiger partial charge in [-0.15, -0.1) is 0 Å². The van der Waals surface area contributed by atoms with Crippen LogP contribution in [-0.2, 0) is 67.5 Å². The molecule has 1 atom stereocenters. The molecule has 33 nitrogen and oxygen atoms in total. The molecule has 9 N–H and O–H groups in total. The number of allylic oxidation sites excluding steroid dienone is 3. The number of H-pyrrole nitrogens is 1. The first-order valence-electron chi connectivity index (χ1n) is 43.7. The van der Waals surface area contributed by atoms with E-state index in [0.29, 0.717) is 130 Å². The van der Waals surface area contributed by atoms with E-state index in [0.717, 1.165) is 47.8 Å². The van der Waals surface area contributed by atoms with Gasteiger partial charge in [0, 0.05) is 139 Å². The lowest BCUT2D eigenvalue weighted by Crippen LogP contribution is -2.49. The molecule has 1 unspecified atom stereocenters. The van der Waals surface area contributed by atoms with Crippen LogP contribution in [0.2, 0.25) is 0 Å². The SMILES string of the molecule is C=C(CCc1ccc(C)c(F)n1)OCC.CC(=O)CCc1ccc(-c2cnc3cnccn23)c(F)n1.CC1(C)COC(C2OCC(C)(C)CO2)OC1.CC1=CN=C2C=NC=CC12.CCCC(=O)COc1ccc(C(O)O)c(F)n1.CCCC(=O)COc1ccc(C(O)O)c(F)n1.CCOC(=O)CC.Cc1cc(C)n(C)n1.Cc1ccc(=O)[nH]c1F.Cc1ccc(N)nc1F.Nc1cccc(F)n1. The van der Waals surface area contributed by atoms with E-state index in [1.807, 2.05) is 76.0 Å². The van der Waals surface area contributed by atoms with Crippen molar-refractivity contribution >= 4 is 52.5 Å². The number of nitrogens with one attached hydrogen (secondary N) is 1. The third-order valence-corrected chi connectivity index (χ3v) is 18.7. The molecule has 2 fully saturated rings. The molecule has 10 aromatic rings. The van der Waals surface area contributed by atoms with Crippen molar-refractivity contribution in [2.45, 2.75) is 194 Å². The van der Waals surface area contributed by atoms with E-state index in [1.54, 1.807) is 94.1 Å². The van der Waals surface area contributed by atoms with Gasteiger partial charge in [-0.3, -0.25) is 48.2 Å². The number of aromatic nitrogens is 12. The van der Waals surface area contributed by atoms with Crippen molar-refractivity contribution in [1.29, 1.82) is 0 Å². The number of esters is 1. The summed E-state index contributed by atoms with van der Waals surface area (Å²) in [6.07, 6.45) is 14.5. The lowest BCUT2D eigenvalue weighted by molar-refractivity contribution is -0.345. The van der Waals surface area contributed by atoms with Crippen LogP contribution >= 0.6 is 0 Å². The summed E-state index contributed by atoms with van der Waals surface area (Å²) in [5.74, 6) is -3.39. The van der Waals surface area contributed by atoms with Crippen molar-refractivity contribution in [1.82, 2.24) is 59.0 Å². The van der Waals surface area contributed by atoms with Crippen molar-refractivity contribution in [3.63, 3.8) is 0 Å². The zero-order valence-electron chi connectivity index (χ0n) is 80.2. The van der Waals surface area contributed by atoms with Gasteiger partial charge in [0.1, 0.15) is 30.6 Å². The van der Waals surface area contributed by atoms with Crippen molar-refractivity contribution in [3.8, 4) is 23.0 Å². The van der Waals surface area contributed by atoms with Gasteiger partial charge in [0.05, 0.1) is 91.6 Å². The Hall–Kier alpha value is -13.1. The fraction of sp³-hybridized carbons (Fsp3) is 0.423. The van der Waals surface area contributed by atoms with Crippen LogP contribution in [0, 0.1) is 93.0 Å². The highest BCUT2D eigenvalue weighted by molar-refractivity contribution is 6.34. The third-order valence-electron chi connectivity index (χ3n) is 18.7. The van der Waals surface area contributed by atoms with E-state index >= 15 is 0 Å². The zero-order chi connectivity index (χ0) is 102. The lowest BCUT2D eigenvalue weighted by atomic mass is 9.95. The second kappa shape index (κ2) is 60.4. The van der Waals surface area contributed by atoms with Gasteiger partial charge in [-0.1, -0.05) is 79.3 Å². The highest BCUT2D eigenvalue weighted by Crippen LogP contribution is 2.31. The molecule has 0 radical (unpaired) electrons. The normalized spacial score (nSPS) is 13.9. The standard InChI is InChI=1S/C15H13FN4O.C12H16FNO.C12H22O4.2C11H14FNO4.C8H8N2.C6H7FN2.C6H6FNO.C6H10N2.C5H5FN2.C5H10O2/c1-10(21)2-3-11-4-5-12(15(16)19-11)13-8-18-14-9-17-6-7-20(13)14;1-4-15-10(3)6-8-11-7-5-9(2)12(13)14-11;1-11(2)5-13-9(14-6-11)10-15-7-12(3,4)8-16-10;2*1-2-3-7(14)6-17-9-5-4-8(11(15)16)10(12)13-9;1-6-4-10-8-5-9-3-2-7(6)8;1-4-2-3-5(8)9-6(4)7;1-4-2-3-5(9)8-6(4)7;1-5-4-6(2)8(3)7-5;6-4-2-1-3-5(7)8-4;1-3-5(6)7-4-2/h4-9H,2-3H2,1H3;5,7H,3-4,6,8H2,1-2H3;9-10H,5-8H2,1-4H3;2*4-5,11,15-16H,2-3,6H2,1H3;2-5,7H,1H3;2-3H,1H3,(H2,8,9);2-3H,1H3,(H,8,9);4H,1-3H3;1-3H,(H2,7,8);3-4H2,1-2H3. The fourth-order valence-electron chi connectivity index (χ4n) is 11.2. The minimum absolute atomic E-state index is 0.0589. The van der Waals surface area contributed by atoms with Crippen LogP contribution in [0.5, 0.6) is 11.8 Å². The number of ether oxygens (including phenoxy) is 8. The third kappa shape index (κ3) is 44.5. The van der Waals surface area contributed by atoms with Gasteiger partial charge in [-0.05, 0) is 154 Å². The van der Waals surface area contributed by atoms with Crippen LogP contribution in [0.15, 0.2) is 173 Å². The number of hydrogen-bond acceptors (Lipinski definition) is 30. The first-order valence-corrected chi connectivity index (χ1v) is 43.7. The largest absolute Gasteiger partial charge is 0.499 e. The number of anilines is 2. The number of imidazole rings is 1. The van der Waals surface area contributed by atoms with E-state index < -0.39 is 59.8 Å². The number of fused-ring (bicyclic) bond motifs is 2. The molecule has 0 amide bonds. The molecule has 40 heteroatoms. The molecule has 0 saturated carbocycles. The molecule has 14 heterocycles. The molecule has 14 rings (SSSR count). The van der Waals surface area contributed by atoms with Crippen LogP contribution in [0.1, 0.15) is 184 Å². The number of nitrogens with zero attached hydrogens (tertiary/aromatic N) is 13. The molecule has 0 aromatic carbocycles. The molecule has 744 valence electrons. The molecule has 137 heavy (non-hydrogen) atoms. The Morgan fingerprint density at radius 3 is 1.54 bits per heavy atom. The number of Topliss-reactive ketones (excluding diaryl/α,β-unsaturated/α-hetero) is 3. The van der Waals surface area contributed by atoms with Crippen molar-refractivity contribution in [3.05, 3.63) is 261 Å². The Bertz CT molecular complexity index is 5520. The molecular weight excluding hydrogens is 1790 g/mol. The van der Waals surface area contributed by atoms with Gasteiger partial charge in [-0.25, -0.2) is 24.9 Å². The number of pyridine rings is 7. The maximum Gasteiger partial charge on any atom is 0.305 e. The number of nitrogens with two attached hydrogens (primary N) is 2. The van der Waals surface area contributed by atoms with Crippen LogP contribution in [-0.4, -0.2) is 180 Å². The minimum atomic E-state index is -1.92. The number of aliphatic hydroxyl groups is 4. The molecule has 0 spiro atoms. The number of nitrogen functional groups attached to an aromatic ring is 2. The Morgan fingerprint density at radius 1 is 0.606 bits per heavy atom. The zero-order valence-corrected chi connectivity index (χ0v) is 80.2. The van der Waals surface area contributed by atoms with Crippen LogP contribution in [0.4, 0.5) is 42.4 Å². The number of ketones is 3.